The summed E-state index contributed by atoms with van der Waals surface area (Å²) in [5.74, 6) is -0.928. The number of carboxylic acid groups (broad SMARTS) is 1. The smallest absolute Gasteiger partial charge is 0.352 e. The Kier molecular flexibility index (Phi) is 4.82. The Labute approximate surface area is 122 Å². The van der Waals surface area contributed by atoms with Crippen molar-refractivity contribution >= 4 is 17.6 Å². The third-order valence-electron chi connectivity index (χ3n) is 3.11. The molecular formula is C15H16ClNO3. The zero-order valence-electron chi connectivity index (χ0n) is 11.2. The van der Waals surface area contributed by atoms with Gasteiger partial charge in [-0.1, -0.05) is 23.7 Å². The van der Waals surface area contributed by atoms with Crippen LogP contribution in [-0.4, -0.2) is 29.4 Å². The van der Waals surface area contributed by atoms with Crippen LogP contribution in [0.15, 0.2) is 36.4 Å². The molecular weight excluding hydrogens is 278 g/mol. The number of nitrogens with zero attached hydrogens (tertiary/aromatic N) is 1. The van der Waals surface area contributed by atoms with Gasteiger partial charge in [-0.2, -0.15) is 0 Å². The van der Waals surface area contributed by atoms with E-state index in [9.17, 15) is 9.90 Å². The average molecular weight is 294 g/mol. The highest BCUT2D eigenvalue weighted by Gasteiger charge is 2.14. The number of carbonyl (C=O) groups is 1. The number of aromatic nitrogens is 1. The van der Waals surface area contributed by atoms with E-state index in [1.54, 1.807) is 29.9 Å². The van der Waals surface area contributed by atoms with Crippen molar-refractivity contribution in [3.8, 4) is 0 Å². The molecule has 2 aromatic rings. The Bertz CT molecular complexity index is 590. The molecule has 1 aromatic carbocycles. The standard InChI is InChI=1S/C15H16ClNO3/c1-20-9-8-13-6-7-14(15(18)19)17(13)10-11-2-4-12(16)5-3-11/h2-7H,8-10H2,1H3,(H,18,19). The number of methoxy groups -OCH3 is 1. The summed E-state index contributed by atoms with van der Waals surface area (Å²) in [5, 5.41) is 9.92. The van der Waals surface area contributed by atoms with Gasteiger partial charge in [0.15, 0.2) is 0 Å². The van der Waals surface area contributed by atoms with Crippen LogP contribution < -0.4 is 0 Å². The summed E-state index contributed by atoms with van der Waals surface area (Å²) in [6.07, 6.45) is 0.678. The average Bonchev–Trinajstić information content (AvgIpc) is 2.82. The van der Waals surface area contributed by atoms with E-state index in [0.717, 1.165) is 11.3 Å². The van der Waals surface area contributed by atoms with E-state index >= 15 is 0 Å². The molecule has 5 heteroatoms. The summed E-state index contributed by atoms with van der Waals surface area (Å²) < 4.78 is 6.85. The molecule has 2 rings (SSSR count). The van der Waals surface area contributed by atoms with Gasteiger partial charge in [-0.15, -0.1) is 0 Å². The lowest BCUT2D eigenvalue weighted by Gasteiger charge is -2.12. The molecule has 4 nitrogen and oxygen atoms in total. The molecule has 0 bridgehead atoms. The van der Waals surface area contributed by atoms with Crippen LogP contribution in [0.3, 0.4) is 0 Å². The van der Waals surface area contributed by atoms with Gasteiger partial charge in [-0.05, 0) is 29.8 Å². The molecule has 0 aliphatic rings. The van der Waals surface area contributed by atoms with Gasteiger partial charge in [-0.25, -0.2) is 4.79 Å². The lowest BCUT2D eigenvalue weighted by atomic mass is 10.2. The number of hydrogen-bond donors (Lipinski definition) is 1. The normalized spacial score (nSPS) is 10.7. The molecule has 1 N–H and O–H groups in total. The summed E-state index contributed by atoms with van der Waals surface area (Å²) in [6, 6.07) is 10.9. The first-order valence-electron chi connectivity index (χ1n) is 6.27. The Morgan fingerprint density at radius 2 is 1.95 bits per heavy atom. The predicted molar refractivity (Wildman–Crippen MR) is 77.5 cm³/mol. The molecule has 1 heterocycles. The van der Waals surface area contributed by atoms with Gasteiger partial charge in [0, 0.05) is 30.8 Å². The van der Waals surface area contributed by atoms with Crippen molar-refractivity contribution in [3.63, 3.8) is 0 Å². The maximum absolute atomic E-state index is 11.3. The fraction of sp³-hybridized carbons (Fsp3) is 0.267. The van der Waals surface area contributed by atoms with E-state index in [1.165, 1.54) is 0 Å². The second-order valence-corrected chi connectivity index (χ2v) is 4.91. The van der Waals surface area contributed by atoms with Crippen molar-refractivity contribution in [3.05, 3.63) is 58.4 Å². The lowest BCUT2D eigenvalue weighted by molar-refractivity contribution is 0.0685. The van der Waals surface area contributed by atoms with Crippen molar-refractivity contribution in [2.75, 3.05) is 13.7 Å². The maximum Gasteiger partial charge on any atom is 0.352 e. The predicted octanol–water partition coefficient (Wildman–Crippen LogP) is 3.08. The molecule has 0 saturated heterocycles. The molecule has 20 heavy (non-hydrogen) atoms. The van der Waals surface area contributed by atoms with Crippen LogP contribution in [0.2, 0.25) is 5.02 Å². The molecule has 1 aromatic heterocycles. The van der Waals surface area contributed by atoms with E-state index in [4.69, 9.17) is 16.3 Å². The molecule has 0 spiro atoms. The summed E-state index contributed by atoms with van der Waals surface area (Å²) >= 11 is 5.86. The van der Waals surface area contributed by atoms with E-state index in [-0.39, 0.29) is 5.69 Å². The van der Waals surface area contributed by atoms with Gasteiger partial charge in [0.1, 0.15) is 5.69 Å². The van der Waals surface area contributed by atoms with Crippen LogP contribution >= 0.6 is 11.6 Å². The van der Waals surface area contributed by atoms with Crippen molar-refractivity contribution in [1.29, 1.82) is 0 Å². The summed E-state index contributed by atoms with van der Waals surface area (Å²) in [4.78, 5) is 11.3. The van der Waals surface area contributed by atoms with Gasteiger partial charge >= 0.3 is 5.97 Å². The van der Waals surface area contributed by atoms with E-state index in [2.05, 4.69) is 0 Å². The van der Waals surface area contributed by atoms with E-state index < -0.39 is 5.97 Å². The summed E-state index contributed by atoms with van der Waals surface area (Å²) in [5.41, 5.74) is 2.23. The molecule has 0 fully saturated rings. The van der Waals surface area contributed by atoms with Crippen LogP contribution in [-0.2, 0) is 17.7 Å². The highest BCUT2D eigenvalue weighted by molar-refractivity contribution is 6.30. The van der Waals surface area contributed by atoms with Gasteiger partial charge in [0.05, 0.1) is 6.61 Å². The fourth-order valence-electron chi connectivity index (χ4n) is 2.08. The Morgan fingerprint density at radius 3 is 2.55 bits per heavy atom. The number of carboxylic acids is 1. The highest BCUT2D eigenvalue weighted by Crippen LogP contribution is 2.16. The van der Waals surface area contributed by atoms with E-state index in [1.807, 2.05) is 18.2 Å². The van der Waals surface area contributed by atoms with Crippen molar-refractivity contribution < 1.29 is 14.6 Å². The number of rotatable bonds is 6. The number of ether oxygens (including phenoxy) is 1. The van der Waals surface area contributed by atoms with Crippen molar-refractivity contribution in [1.82, 2.24) is 4.57 Å². The summed E-state index contributed by atoms with van der Waals surface area (Å²) in [7, 11) is 1.63. The number of halogens is 1. The van der Waals surface area contributed by atoms with Gasteiger partial charge in [-0.3, -0.25) is 0 Å². The monoisotopic (exact) mass is 293 g/mol. The second kappa shape index (κ2) is 6.59. The molecule has 0 aliphatic carbocycles. The second-order valence-electron chi connectivity index (χ2n) is 4.47. The number of hydrogen-bond acceptors (Lipinski definition) is 2. The largest absolute Gasteiger partial charge is 0.477 e. The molecule has 0 atom stereocenters. The van der Waals surface area contributed by atoms with Gasteiger partial charge in [0.2, 0.25) is 0 Å². The number of benzene rings is 1. The first kappa shape index (κ1) is 14.6. The molecule has 0 amide bonds. The van der Waals surface area contributed by atoms with Crippen molar-refractivity contribution in [2.45, 2.75) is 13.0 Å². The summed E-state index contributed by atoms with van der Waals surface area (Å²) in [6.45, 7) is 1.06. The third-order valence-corrected chi connectivity index (χ3v) is 3.36. The minimum absolute atomic E-state index is 0.283. The SMILES string of the molecule is COCCc1ccc(C(=O)O)n1Cc1ccc(Cl)cc1. The van der Waals surface area contributed by atoms with Crippen molar-refractivity contribution in [2.24, 2.45) is 0 Å². The Balaban J connectivity index is 2.29. The molecule has 106 valence electrons. The third kappa shape index (κ3) is 3.40. The van der Waals surface area contributed by atoms with E-state index in [0.29, 0.717) is 24.6 Å². The maximum atomic E-state index is 11.3. The molecule has 0 radical (unpaired) electrons. The quantitative estimate of drug-likeness (QED) is 0.890. The minimum Gasteiger partial charge on any atom is -0.477 e. The Morgan fingerprint density at radius 1 is 1.25 bits per heavy atom. The highest BCUT2D eigenvalue weighted by atomic mass is 35.5. The zero-order valence-corrected chi connectivity index (χ0v) is 11.9. The first-order chi connectivity index (χ1) is 9.61. The zero-order chi connectivity index (χ0) is 14.5. The first-order valence-corrected chi connectivity index (χ1v) is 6.64. The fourth-order valence-corrected chi connectivity index (χ4v) is 2.21. The van der Waals surface area contributed by atoms with Crippen LogP contribution in [0.5, 0.6) is 0 Å². The van der Waals surface area contributed by atoms with Crippen LogP contribution in [0.1, 0.15) is 21.7 Å². The van der Waals surface area contributed by atoms with Crippen LogP contribution in [0, 0.1) is 0 Å². The molecule has 0 aliphatic heterocycles. The van der Waals surface area contributed by atoms with Gasteiger partial charge in [0.25, 0.3) is 0 Å². The lowest BCUT2D eigenvalue weighted by Crippen LogP contribution is -2.13. The topological polar surface area (TPSA) is 51.5 Å². The van der Waals surface area contributed by atoms with Crippen LogP contribution in [0.25, 0.3) is 0 Å². The minimum atomic E-state index is -0.928. The number of aromatic carboxylic acids is 1. The molecule has 0 saturated carbocycles. The molecule has 0 unspecified atom stereocenters. The van der Waals surface area contributed by atoms with Crippen LogP contribution in [0.4, 0.5) is 0 Å². The Hall–Kier alpha value is -1.78. The van der Waals surface area contributed by atoms with Gasteiger partial charge < -0.3 is 14.4 Å².